The highest BCUT2D eigenvalue weighted by atomic mass is 35.5. The molecule has 7 nitrogen and oxygen atoms in total. The number of thiazole rings is 1. The van der Waals surface area contributed by atoms with Gasteiger partial charge in [-0.15, -0.1) is 0 Å². The van der Waals surface area contributed by atoms with Crippen molar-refractivity contribution in [1.29, 1.82) is 0 Å². The maximum atomic E-state index is 12.7. The van der Waals surface area contributed by atoms with Gasteiger partial charge in [0, 0.05) is 17.0 Å². The lowest BCUT2D eigenvalue weighted by molar-refractivity contribution is 0.100. The number of halogens is 1. The molecule has 1 atom stereocenters. The third-order valence-corrected chi connectivity index (χ3v) is 6.32. The first-order valence-corrected chi connectivity index (χ1v) is 10.5. The van der Waals surface area contributed by atoms with E-state index in [1.165, 1.54) is 24.2 Å². The van der Waals surface area contributed by atoms with Crippen molar-refractivity contribution in [3.8, 4) is 5.75 Å². The van der Waals surface area contributed by atoms with Crippen LogP contribution in [0.1, 0.15) is 46.7 Å². The summed E-state index contributed by atoms with van der Waals surface area (Å²) >= 11 is 7.54. The zero-order valence-corrected chi connectivity index (χ0v) is 17.6. The molecule has 3 aromatic rings. The second kappa shape index (κ2) is 7.68. The number of benzene rings is 1. The van der Waals surface area contributed by atoms with Crippen molar-refractivity contribution >= 4 is 44.9 Å². The number of hydrogen-bond donors (Lipinski definition) is 3. The molecule has 1 aromatic carbocycles. The van der Waals surface area contributed by atoms with Crippen molar-refractivity contribution in [3.05, 3.63) is 49.7 Å². The molecule has 4 N–H and O–H groups in total. The number of nitrogens with one attached hydrogen (secondary N) is 2. The highest BCUT2D eigenvalue weighted by molar-refractivity contribution is 7.17. The molecule has 29 heavy (non-hydrogen) atoms. The van der Waals surface area contributed by atoms with Crippen LogP contribution in [0, 0.1) is 12.8 Å². The van der Waals surface area contributed by atoms with Crippen molar-refractivity contribution in [3.63, 3.8) is 0 Å². The minimum Gasteiger partial charge on any atom is -0.492 e. The number of aryl methyl sites for hydroxylation is 1. The summed E-state index contributed by atoms with van der Waals surface area (Å²) in [6.45, 7) is 4.22. The number of amides is 1. The van der Waals surface area contributed by atoms with Gasteiger partial charge in [-0.1, -0.05) is 22.9 Å². The Bertz CT molecular complexity index is 1150. The van der Waals surface area contributed by atoms with E-state index in [1.54, 1.807) is 25.1 Å². The van der Waals surface area contributed by atoms with Gasteiger partial charge < -0.3 is 20.8 Å². The summed E-state index contributed by atoms with van der Waals surface area (Å²) in [5, 5.41) is 5.02. The Morgan fingerprint density at radius 2 is 2.21 bits per heavy atom. The van der Waals surface area contributed by atoms with Gasteiger partial charge in [0.15, 0.2) is 5.13 Å². The Morgan fingerprint density at radius 1 is 1.45 bits per heavy atom. The normalized spacial score (nSPS) is 14.7. The second-order valence-electron chi connectivity index (χ2n) is 7.34. The van der Waals surface area contributed by atoms with Crippen LogP contribution in [0.2, 0.25) is 5.02 Å². The zero-order chi connectivity index (χ0) is 20.7. The van der Waals surface area contributed by atoms with E-state index in [1.807, 2.05) is 6.92 Å². The van der Waals surface area contributed by atoms with Crippen LogP contribution >= 0.6 is 22.9 Å². The van der Waals surface area contributed by atoms with Crippen LogP contribution in [0.4, 0.5) is 5.13 Å². The smallest absolute Gasteiger partial charge is 0.260 e. The summed E-state index contributed by atoms with van der Waals surface area (Å²) in [5.41, 5.74) is 6.91. The molecule has 152 valence electrons. The van der Waals surface area contributed by atoms with E-state index in [0.29, 0.717) is 50.1 Å². The van der Waals surface area contributed by atoms with Gasteiger partial charge in [-0.25, -0.2) is 4.98 Å². The Labute approximate surface area is 176 Å². The molecule has 2 aromatic heterocycles. The van der Waals surface area contributed by atoms with Crippen molar-refractivity contribution in [2.24, 2.45) is 11.7 Å². The van der Waals surface area contributed by atoms with E-state index in [4.69, 9.17) is 22.1 Å². The molecule has 1 amide bonds. The van der Waals surface area contributed by atoms with Crippen LogP contribution in [0.3, 0.4) is 0 Å². The number of rotatable bonds is 7. The summed E-state index contributed by atoms with van der Waals surface area (Å²) in [6.07, 6.45) is 2.38. The predicted molar refractivity (Wildman–Crippen MR) is 115 cm³/mol. The Hall–Kier alpha value is -2.58. The first kappa shape index (κ1) is 19.7. The number of hydrogen-bond acceptors (Lipinski definition) is 6. The Morgan fingerprint density at radius 3 is 2.86 bits per heavy atom. The SMILES string of the molecule is Cc1nc(NC(C)c2cc3cc(Cl)c(OCC4CC4)cc3[nH]c2=O)sc1C(N)=O. The fourth-order valence-corrected chi connectivity index (χ4v) is 4.23. The van der Waals surface area contributed by atoms with E-state index in [-0.39, 0.29) is 11.6 Å². The molecule has 0 aliphatic heterocycles. The Balaban J connectivity index is 1.60. The van der Waals surface area contributed by atoms with Gasteiger partial charge in [0.05, 0.1) is 28.9 Å². The number of H-pyrrole nitrogens is 1. The van der Waals surface area contributed by atoms with Crippen LogP contribution in [0.5, 0.6) is 5.75 Å². The fourth-order valence-electron chi connectivity index (χ4n) is 3.10. The molecule has 0 saturated heterocycles. The zero-order valence-electron chi connectivity index (χ0n) is 16.0. The maximum Gasteiger partial charge on any atom is 0.260 e. The molecule has 1 saturated carbocycles. The number of pyridine rings is 1. The van der Waals surface area contributed by atoms with Gasteiger partial charge in [-0.2, -0.15) is 0 Å². The number of primary amides is 1. The average Bonchev–Trinajstić information content (AvgIpc) is 3.41. The highest BCUT2D eigenvalue weighted by Crippen LogP contribution is 2.34. The van der Waals surface area contributed by atoms with Crippen LogP contribution in [-0.2, 0) is 0 Å². The number of nitrogens with zero attached hydrogens (tertiary/aromatic N) is 1. The lowest BCUT2D eigenvalue weighted by atomic mass is 10.1. The van der Waals surface area contributed by atoms with Gasteiger partial charge in [0.1, 0.15) is 10.6 Å². The number of carbonyl (C=O) groups excluding carboxylic acids is 1. The van der Waals surface area contributed by atoms with Crippen molar-refractivity contribution in [1.82, 2.24) is 9.97 Å². The first-order chi connectivity index (χ1) is 13.8. The molecule has 0 bridgehead atoms. The number of carbonyl (C=O) groups is 1. The minimum atomic E-state index is -0.515. The van der Waals surface area contributed by atoms with Crippen LogP contribution in [-0.4, -0.2) is 22.5 Å². The number of anilines is 1. The molecule has 2 heterocycles. The van der Waals surface area contributed by atoms with Crippen molar-refractivity contribution < 1.29 is 9.53 Å². The molecular weight excluding hydrogens is 412 g/mol. The monoisotopic (exact) mass is 432 g/mol. The molecule has 0 radical (unpaired) electrons. The summed E-state index contributed by atoms with van der Waals surface area (Å²) < 4.78 is 5.79. The molecule has 0 spiro atoms. The van der Waals surface area contributed by atoms with E-state index in [9.17, 15) is 9.59 Å². The first-order valence-electron chi connectivity index (χ1n) is 9.35. The summed E-state index contributed by atoms with van der Waals surface area (Å²) in [4.78, 5) is 31.7. The van der Waals surface area contributed by atoms with Crippen molar-refractivity contribution in [2.75, 3.05) is 11.9 Å². The van der Waals surface area contributed by atoms with E-state index < -0.39 is 5.91 Å². The quantitative estimate of drug-likeness (QED) is 0.522. The van der Waals surface area contributed by atoms with Gasteiger partial charge in [0.25, 0.3) is 11.5 Å². The van der Waals surface area contributed by atoms with Gasteiger partial charge in [0.2, 0.25) is 0 Å². The molecule has 9 heteroatoms. The summed E-state index contributed by atoms with van der Waals surface area (Å²) in [6, 6.07) is 5.04. The lowest BCUT2D eigenvalue weighted by Gasteiger charge is -2.14. The number of nitrogens with two attached hydrogens (primary N) is 1. The largest absolute Gasteiger partial charge is 0.492 e. The minimum absolute atomic E-state index is 0.212. The molecular formula is C20H21ClN4O3S. The maximum absolute atomic E-state index is 12.7. The van der Waals surface area contributed by atoms with E-state index >= 15 is 0 Å². The lowest BCUT2D eigenvalue weighted by Crippen LogP contribution is -2.19. The highest BCUT2D eigenvalue weighted by Gasteiger charge is 2.22. The third-order valence-electron chi connectivity index (χ3n) is 4.92. The van der Waals surface area contributed by atoms with E-state index in [2.05, 4.69) is 15.3 Å². The number of aromatic amines is 1. The van der Waals surface area contributed by atoms with Gasteiger partial charge >= 0.3 is 0 Å². The molecule has 1 unspecified atom stereocenters. The standard InChI is InChI=1S/C20H21ClN4O3S/c1-9(23-20-24-10(2)17(29-20)18(22)26)13-5-12-6-14(21)16(28-8-11-3-4-11)7-15(12)25-19(13)27/h5-7,9,11H,3-4,8H2,1-2H3,(H2,22,26)(H,23,24)(H,25,27). The molecule has 1 fully saturated rings. The van der Waals surface area contributed by atoms with Gasteiger partial charge in [-0.05, 0) is 44.7 Å². The average molecular weight is 433 g/mol. The second-order valence-corrected chi connectivity index (χ2v) is 8.75. The Kier molecular flexibility index (Phi) is 5.23. The van der Waals surface area contributed by atoms with Crippen LogP contribution in [0.15, 0.2) is 23.0 Å². The van der Waals surface area contributed by atoms with Gasteiger partial charge in [-0.3, -0.25) is 9.59 Å². The van der Waals surface area contributed by atoms with E-state index in [0.717, 1.165) is 5.39 Å². The topological polar surface area (TPSA) is 110 Å². The molecule has 4 rings (SSSR count). The number of aromatic nitrogens is 2. The molecule has 1 aliphatic carbocycles. The molecule has 1 aliphatic rings. The number of ether oxygens (including phenoxy) is 1. The van der Waals surface area contributed by atoms with Crippen LogP contribution < -0.4 is 21.3 Å². The fraction of sp³-hybridized carbons (Fsp3) is 0.350. The number of fused-ring (bicyclic) bond motifs is 1. The summed E-state index contributed by atoms with van der Waals surface area (Å²) in [5.74, 6) is 0.677. The summed E-state index contributed by atoms with van der Waals surface area (Å²) in [7, 11) is 0. The van der Waals surface area contributed by atoms with Crippen molar-refractivity contribution in [2.45, 2.75) is 32.7 Å². The predicted octanol–water partition coefficient (Wildman–Crippen LogP) is 4.01. The third kappa shape index (κ3) is 4.23. The van der Waals surface area contributed by atoms with Crippen LogP contribution in [0.25, 0.3) is 10.9 Å².